The molecule has 0 saturated carbocycles. The molecule has 0 bridgehead atoms. The largest absolute Gasteiger partial charge is 0.221 e. The van der Waals surface area contributed by atoms with Crippen molar-refractivity contribution in [3.8, 4) is 11.4 Å². The van der Waals surface area contributed by atoms with Gasteiger partial charge >= 0.3 is 0 Å². The standard InChI is InChI=1S/C12H8Cl2N4/c1-7-15-10(14)6-11-16-12(17-18(7)11)8-4-2-3-5-9(8)13/h2-6H,1H3. The lowest BCUT2D eigenvalue weighted by atomic mass is 10.2. The summed E-state index contributed by atoms with van der Waals surface area (Å²) in [4.78, 5) is 8.53. The maximum absolute atomic E-state index is 6.13. The van der Waals surface area contributed by atoms with Crippen LogP contribution in [0.15, 0.2) is 30.3 Å². The third kappa shape index (κ3) is 1.83. The highest BCUT2D eigenvalue weighted by Gasteiger charge is 2.11. The Bertz CT molecular complexity index is 736. The van der Waals surface area contributed by atoms with Gasteiger partial charge in [-0.05, 0) is 19.1 Å². The van der Waals surface area contributed by atoms with E-state index in [0.29, 0.717) is 27.5 Å². The van der Waals surface area contributed by atoms with Crippen LogP contribution in [0.25, 0.3) is 17.0 Å². The number of nitrogens with zero attached hydrogens (tertiary/aromatic N) is 4. The maximum Gasteiger partial charge on any atom is 0.183 e. The molecule has 1 aromatic carbocycles. The zero-order chi connectivity index (χ0) is 12.7. The van der Waals surface area contributed by atoms with E-state index < -0.39 is 0 Å². The lowest BCUT2D eigenvalue weighted by Gasteiger charge is -1.97. The van der Waals surface area contributed by atoms with Crippen LogP contribution >= 0.6 is 23.2 Å². The van der Waals surface area contributed by atoms with Crippen LogP contribution in [0, 0.1) is 6.92 Å². The topological polar surface area (TPSA) is 43.1 Å². The molecule has 0 fully saturated rings. The van der Waals surface area contributed by atoms with E-state index in [1.165, 1.54) is 0 Å². The highest BCUT2D eigenvalue weighted by atomic mass is 35.5. The normalized spacial score (nSPS) is 11.1. The Labute approximate surface area is 113 Å². The van der Waals surface area contributed by atoms with Crippen molar-refractivity contribution in [3.05, 3.63) is 46.3 Å². The molecule has 0 amide bonds. The molecular weight excluding hydrogens is 271 g/mol. The van der Waals surface area contributed by atoms with Crippen molar-refractivity contribution >= 4 is 28.8 Å². The Hall–Kier alpha value is -1.65. The molecule has 0 unspecified atom stereocenters. The molecule has 90 valence electrons. The van der Waals surface area contributed by atoms with E-state index in [1.54, 1.807) is 16.6 Å². The Morgan fingerprint density at radius 3 is 2.67 bits per heavy atom. The Balaban J connectivity index is 2.26. The highest BCUT2D eigenvalue weighted by Crippen LogP contribution is 2.25. The van der Waals surface area contributed by atoms with Gasteiger partial charge in [0.2, 0.25) is 0 Å². The summed E-state index contributed by atoms with van der Waals surface area (Å²) in [5, 5.41) is 5.40. The van der Waals surface area contributed by atoms with Crippen LogP contribution in [-0.2, 0) is 0 Å². The fraction of sp³-hybridized carbons (Fsp3) is 0.0833. The molecule has 18 heavy (non-hydrogen) atoms. The lowest BCUT2D eigenvalue weighted by molar-refractivity contribution is 0.867. The number of hydrogen-bond donors (Lipinski definition) is 0. The van der Waals surface area contributed by atoms with Gasteiger partial charge in [0.1, 0.15) is 11.0 Å². The first-order valence-electron chi connectivity index (χ1n) is 5.30. The third-order valence-electron chi connectivity index (χ3n) is 2.57. The minimum atomic E-state index is 0.401. The Morgan fingerprint density at radius 2 is 1.89 bits per heavy atom. The summed E-state index contributed by atoms with van der Waals surface area (Å²) in [5.74, 6) is 1.25. The van der Waals surface area contributed by atoms with Crippen molar-refractivity contribution in [2.75, 3.05) is 0 Å². The number of halogens is 2. The molecule has 3 rings (SSSR count). The average molecular weight is 279 g/mol. The van der Waals surface area contributed by atoms with Gasteiger partial charge in [-0.3, -0.25) is 0 Å². The van der Waals surface area contributed by atoms with E-state index in [9.17, 15) is 0 Å². The Kier molecular flexibility index (Phi) is 2.69. The fourth-order valence-corrected chi connectivity index (χ4v) is 2.19. The molecule has 0 saturated heterocycles. The summed E-state index contributed by atoms with van der Waals surface area (Å²) >= 11 is 12.0. The number of aromatic nitrogens is 4. The van der Waals surface area contributed by atoms with Gasteiger partial charge in [-0.15, -0.1) is 5.10 Å². The summed E-state index contributed by atoms with van der Waals surface area (Å²) in [7, 11) is 0. The van der Waals surface area contributed by atoms with Gasteiger partial charge in [-0.1, -0.05) is 35.3 Å². The molecule has 2 aromatic heterocycles. The van der Waals surface area contributed by atoms with E-state index in [4.69, 9.17) is 23.2 Å². The first-order valence-corrected chi connectivity index (χ1v) is 6.05. The number of fused-ring (bicyclic) bond motifs is 1. The second-order valence-corrected chi connectivity index (χ2v) is 4.61. The van der Waals surface area contributed by atoms with E-state index in [0.717, 1.165) is 5.56 Å². The molecule has 0 spiro atoms. The fourth-order valence-electron chi connectivity index (χ4n) is 1.75. The van der Waals surface area contributed by atoms with E-state index in [1.807, 2.05) is 25.1 Å². The summed E-state index contributed by atoms with van der Waals surface area (Å²) in [6.45, 7) is 1.82. The van der Waals surface area contributed by atoms with Crippen LogP contribution in [0.3, 0.4) is 0 Å². The maximum atomic E-state index is 6.13. The van der Waals surface area contributed by atoms with Crippen molar-refractivity contribution < 1.29 is 0 Å². The van der Waals surface area contributed by atoms with Crippen LogP contribution in [0.2, 0.25) is 10.2 Å². The SMILES string of the molecule is Cc1nc(Cl)cc2nc(-c3ccccc3Cl)nn12. The molecule has 0 atom stereocenters. The van der Waals surface area contributed by atoms with Gasteiger partial charge in [0.05, 0.1) is 5.02 Å². The molecule has 0 N–H and O–H groups in total. The van der Waals surface area contributed by atoms with E-state index in [2.05, 4.69) is 15.1 Å². The van der Waals surface area contributed by atoms with E-state index >= 15 is 0 Å². The number of rotatable bonds is 1. The van der Waals surface area contributed by atoms with Crippen LogP contribution in [0.4, 0.5) is 0 Å². The zero-order valence-corrected chi connectivity index (χ0v) is 10.9. The second kappa shape index (κ2) is 4.23. The third-order valence-corrected chi connectivity index (χ3v) is 3.09. The molecular formula is C12H8Cl2N4. The molecule has 0 aliphatic heterocycles. The van der Waals surface area contributed by atoms with Crippen molar-refractivity contribution in [2.24, 2.45) is 0 Å². The van der Waals surface area contributed by atoms with Crippen molar-refractivity contribution in [3.63, 3.8) is 0 Å². The minimum absolute atomic E-state index is 0.401. The van der Waals surface area contributed by atoms with Crippen LogP contribution < -0.4 is 0 Å². The first-order chi connectivity index (χ1) is 8.65. The summed E-state index contributed by atoms with van der Waals surface area (Å²) in [5.41, 5.74) is 1.45. The highest BCUT2D eigenvalue weighted by molar-refractivity contribution is 6.33. The minimum Gasteiger partial charge on any atom is -0.221 e. The van der Waals surface area contributed by atoms with Gasteiger partial charge in [0.25, 0.3) is 0 Å². The zero-order valence-electron chi connectivity index (χ0n) is 9.43. The van der Waals surface area contributed by atoms with Gasteiger partial charge in [0, 0.05) is 11.6 Å². The van der Waals surface area contributed by atoms with Gasteiger partial charge in [0.15, 0.2) is 11.5 Å². The summed E-state index contributed by atoms with van der Waals surface area (Å²) < 4.78 is 1.64. The molecule has 2 heterocycles. The first kappa shape index (κ1) is 11.4. The van der Waals surface area contributed by atoms with Gasteiger partial charge in [-0.2, -0.15) is 4.52 Å². The Morgan fingerprint density at radius 1 is 1.11 bits per heavy atom. The summed E-state index contributed by atoms with van der Waals surface area (Å²) in [6.07, 6.45) is 0. The number of benzene rings is 1. The monoisotopic (exact) mass is 278 g/mol. The van der Waals surface area contributed by atoms with Gasteiger partial charge in [-0.25, -0.2) is 9.97 Å². The smallest absolute Gasteiger partial charge is 0.183 e. The average Bonchev–Trinajstić information content (AvgIpc) is 2.73. The van der Waals surface area contributed by atoms with Gasteiger partial charge < -0.3 is 0 Å². The van der Waals surface area contributed by atoms with Crippen molar-refractivity contribution in [1.82, 2.24) is 19.6 Å². The molecule has 0 aliphatic carbocycles. The predicted molar refractivity (Wildman–Crippen MR) is 71.0 cm³/mol. The van der Waals surface area contributed by atoms with E-state index in [-0.39, 0.29) is 0 Å². The lowest BCUT2D eigenvalue weighted by Crippen LogP contribution is -1.96. The predicted octanol–water partition coefficient (Wildman–Crippen LogP) is 3.41. The van der Waals surface area contributed by atoms with Crippen molar-refractivity contribution in [2.45, 2.75) is 6.92 Å². The second-order valence-electron chi connectivity index (χ2n) is 3.81. The molecule has 0 radical (unpaired) electrons. The molecule has 4 nitrogen and oxygen atoms in total. The molecule has 6 heteroatoms. The van der Waals surface area contributed by atoms with Crippen LogP contribution in [0.5, 0.6) is 0 Å². The van der Waals surface area contributed by atoms with Crippen molar-refractivity contribution in [1.29, 1.82) is 0 Å². The van der Waals surface area contributed by atoms with Crippen LogP contribution in [0.1, 0.15) is 5.82 Å². The molecule has 0 aliphatic rings. The quantitative estimate of drug-likeness (QED) is 0.641. The number of hydrogen-bond acceptors (Lipinski definition) is 3. The van der Waals surface area contributed by atoms with Crippen LogP contribution in [-0.4, -0.2) is 19.6 Å². The summed E-state index contributed by atoms with van der Waals surface area (Å²) in [6, 6.07) is 9.11. The molecule has 3 aromatic rings. The number of aryl methyl sites for hydroxylation is 1.